The van der Waals surface area contributed by atoms with Gasteiger partial charge in [-0.3, -0.25) is 4.79 Å². The summed E-state index contributed by atoms with van der Waals surface area (Å²) in [4.78, 5) is 21.9. The maximum atomic E-state index is 12.8. The van der Waals surface area contributed by atoms with Crippen LogP contribution in [0.3, 0.4) is 0 Å². The first-order valence-electron chi connectivity index (χ1n) is 9.77. The number of hydrogen-bond acceptors (Lipinski definition) is 5. The summed E-state index contributed by atoms with van der Waals surface area (Å²) >= 11 is 1.71. The van der Waals surface area contributed by atoms with Crippen LogP contribution in [-0.4, -0.2) is 36.8 Å². The van der Waals surface area contributed by atoms with Crippen molar-refractivity contribution in [3.63, 3.8) is 0 Å². The number of benzene rings is 1. The SMILES string of the molecule is CSc1ccc(-c2ccc(C(=O)Cc3cccc(-c4nncn4C(C)C)n3)[nH]2)cc1. The van der Waals surface area contributed by atoms with E-state index in [1.54, 1.807) is 18.1 Å². The van der Waals surface area contributed by atoms with E-state index in [-0.39, 0.29) is 18.2 Å². The molecule has 1 N–H and O–H groups in total. The van der Waals surface area contributed by atoms with Gasteiger partial charge in [-0.05, 0) is 62.1 Å². The number of aromatic nitrogens is 5. The van der Waals surface area contributed by atoms with Crippen LogP contribution in [0.1, 0.15) is 36.1 Å². The van der Waals surface area contributed by atoms with Gasteiger partial charge in [0.25, 0.3) is 0 Å². The Bertz CT molecular complexity index is 1160. The molecular formula is C23H23N5OS. The van der Waals surface area contributed by atoms with Crippen molar-refractivity contribution >= 4 is 17.5 Å². The van der Waals surface area contributed by atoms with Gasteiger partial charge in [-0.25, -0.2) is 4.98 Å². The molecule has 0 unspecified atom stereocenters. The molecule has 0 fully saturated rings. The van der Waals surface area contributed by atoms with Gasteiger partial charge in [-0.1, -0.05) is 18.2 Å². The maximum absolute atomic E-state index is 12.8. The molecule has 1 aromatic carbocycles. The smallest absolute Gasteiger partial charge is 0.184 e. The van der Waals surface area contributed by atoms with Crippen LogP contribution < -0.4 is 0 Å². The molecule has 7 heteroatoms. The van der Waals surface area contributed by atoms with Crippen molar-refractivity contribution < 1.29 is 4.79 Å². The Morgan fingerprint density at radius 2 is 1.90 bits per heavy atom. The molecule has 6 nitrogen and oxygen atoms in total. The zero-order chi connectivity index (χ0) is 21.1. The third kappa shape index (κ3) is 4.21. The molecule has 0 amide bonds. The fourth-order valence-electron chi connectivity index (χ4n) is 3.26. The van der Waals surface area contributed by atoms with Crippen LogP contribution >= 0.6 is 11.8 Å². The average Bonchev–Trinajstić information content (AvgIpc) is 3.44. The number of aromatic amines is 1. The third-order valence-corrected chi connectivity index (χ3v) is 5.64. The summed E-state index contributed by atoms with van der Waals surface area (Å²) in [5.74, 6) is 0.701. The van der Waals surface area contributed by atoms with E-state index in [0.29, 0.717) is 22.9 Å². The van der Waals surface area contributed by atoms with Crippen LogP contribution in [0.5, 0.6) is 0 Å². The normalized spacial score (nSPS) is 11.2. The molecule has 0 aliphatic rings. The average molecular weight is 418 g/mol. The number of nitrogens with zero attached hydrogens (tertiary/aromatic N) is 4. The van der Waals surface area contributed by atoms with E-state index < -0.39 is 0 Å². The van der Waals surface area contributed by atoms with Crippen LogP contribution in [0.25, 0.3) is 22.8 Å². The van der Waals surface area contributed by atoms with Crippen LogP contribution in [0.2, 0.25) is 0 Å². The first-order valence-corrected chi connectivity index (χ1v) is 11.0. The molecule has 0 aliphatic heterocycles. The van der Waals surface area contributed by atoms with E-state index in [1.165, 1.54) is 4.90 Å². The second-order valence-corrected chi connectivity index (χ2v) is 8.16. The monoisotopic (exact) mass is 417 g/mol. The van der Waals surface area contributed by atoms with Gasteiger partial charge < -0.3 is 9.55 Å². The van der Waals surface area contributed by atoms with Gasteiger partial charge in [0.15, 0.2) is 11.6 Å². The number of rotatable bonds is 7. The Morgan fingerprint density at radius 1 is 1.10 bits per heavy atom. The van der Waals surface area contributed by atoms with Gasteiger partial charge in [0.1, 0.15) is 12.0 Å². The Kier molecular flexibility index (Phi) is 5.81. The molecular weight excluding hydrogens is 394 g/mol. The van der Waals surface area contributed by atoms with E-state index in [2.05, 4.69) is 64.5 Å². The van der Waals surface area contributed by atoms with E-state index in [9.17, 15) is 4.79 Å². The van der Waals surface area contributed by atoms with Gasteiger partial charge >= 0.3 is 0 Å². The van der Waals surface area contributed by atoms with Crippen molar-refractivity contribution in [3.8, 4) is 22.8 Å². The van der Waals surface area contributed by atoms with E-state index in [0.717, 1.165) is 11.3 Å². The molecule has 0 radical (unpaired) electrons. The third-order valence-electron chi connectivity index (χ3n) is 4.89. The Hall–Kier alpha value is -3.19. The molecule has 4 aromatic rings. The first-order chi connectivity index (χ1) is 14.5. The minimum absolute atomic E-state index is 0.00281. The summed E-state index contributed by atoms with van der Waals surface area (Å²) in [7, 11) is 0. The summed E-state index contributed by atoms with van der Waals surface area (Å²) in [5.41, 5.74) is 3.98. The summed E-state index contributed by atoms with van der Waals surface area (Å²) in [5, 5.41) is 8.19. The number of pyridine rings is 1. The molecule has 0 aliphatic carbocycles. The lowest BCUT2D eigenvalue weighted by atomic mass is 10.1. The van der Waals surface area contributed by atoms with Gasteiger partial charge in [-0.2, -0.15) is 0 Å². The number of Topliss-reactive ketones (excluding diaryl/α,β-unsaturated/α-hetero) is 1. The highest BCUT2D eigenvalue weighted by Crippen LogP contribution is 2.23. The van der Waals surface area contributed by atoms with Gasteiger partial charge in [0, 0.05) is 22.3 Å². The Morgan fingerprint density at radius 3 is 2.63 bits per heavy atom. The van der Waals surface area contributed by atoms with Crippen LogP contribution in [0.4, 0.5) is 0 Å². The highest BCUT2D eigenvalue weighted by Gasteiger charge is 2.15. The van der Waals surface area contributed by atoms with Crippen molar-refractivity contribution in [2.75, 3.05) is 6.26 Å². The molecule has 0 bridgehead atoms. The lowest BCUT2D eigenvalue weighted by Crippen LogP contribution is -2.07. The number of H-pyrrole nitrogens is 1. The summed E-state index contributed by atoms with van der Waals surface area (Å²) < 4.78 is 1.97. The highest BCUT2D eigenvalue weighted by atomic mass is 32.2. The Balaban J connectivity index is 1.52. The van der Waals surface area contributed by atoms with Crippen molar-refractivity contribution in [1.82, 2.24) is 24.7 Å². The van der Waals surface area contributed by atoms with Crippen molar-refractivity contribution in [1.29, 1.82) is 0 Å². The molecule has 3 heterocycles. The van der Waals surface area contributed by atoms with Crippen molar-refractivity contribution in [2.24, 2.45) is 0 Å². The lowest BCUT2D eigenvalue weighted by molar-refractivity contribution is 0.0988. The van der Waals surface area contributed by atoms with Crippen molar-refractivity contribution in [3.05, 3.63) is 72.3 Å². The van der Waals surface area contributed by atoms with E-state index >= 15 is 0 Å². The molecule has 4 rings (SSSR count). The summed E-state index contributed by atoms with van der Waals surface area (Å²) in [6.07, 6.45) is 3.97. The minimum Gasteiger partial charge on any atom is -0.352 e. The maximum Gasteiger partial charge on any atom is 0.184 e. The summed E-state index contributed by atoms with van der Waals surface area (Å²) in [6, 6.07) is 17.9. The molecule has 0 saturated carbocycles. The van der Waals surface area contributed by atoms with Crippen molar-refractivity contribution in [2.45, 2.75) is 31.2 Å². The van der Waals surface area contributed by atoms with Crippen LogP contribution in [-0.2, 0) is 6.42 Å². The zero-order valence-corrected chi connectivity index (χ0v) is 18.0. The van der Waals surface area contributed by atoms with Gasteiger partial charge in [-0.15, -0.1) is 22.0 Å². The van der Waals surface area contributed by atoms with E-state index in [4.69, 9.17) is 0 Å². The van der Waals surface area contributed by atoms with Gasteiger partial charge in [0.2, 0.25) is 0 Å². The number of hydrogen-bond donors (Lipinski definition) is 1. The topological polar surface area (TPSA) is 76.5 Å². The highest BCUT2D eigenvalue weighted by molar-refractivity contribution is 7.98. The van der Waals surface area contributed by atoms with Crippen LogP contribution in [0, 0.1) is 0 Å². The fraction of sp³-hybridized carbons (Fsp3) is 0.217. The number of carbonyl (C=O) groups excluding carboxylic acids is 1. The minimum atomic E-state index is -0.00281. The predicted molar refractivity (Wildman–Crippen MR) is 120 cm³/mol. The quantitative estimate of drug-likeness (QED) is 0.336. The first kappa shape index (κ1) is 20.1. The second-order valence-electron chi connectivity index (χ2n) is 7.28. The van der Waals surface area contributed by atoms with E-state index in [1.807, 2.05) is 34.9 Å². The molecule has 0 saturated heterocycles. The molecule has 0 atom stereocenters. The van der Waals surface area contributed by atoms with Gasteiger partial charge in [0.05, 0.1) is 12.1 Å². The second kappa shape index (κ2) is 8.67. The standard InChI is InChI=1S/C23H23N5OS/c1-15(2)28-14-24-27-23(28)21-6-4-5-17(25-21)13-22(29)20-12-11-19(26-20)16-7-9-18(30-3)10-8-16/h4-12,14-15,26H,13H2,1-3H3. The molecule has 152 valence electrons. The van der Waals surface area contributed by atoms with Crippen LogP contribution in [0.15, 0.2) is 65.8 Å². The molecule has 3 aromatic heterocycles. The largest absolute Gasteiger partial charge is 0.352 e. The Labute approximate surface area is 179 Å². The number of ketones is 1. The molecule has 30 heavy (non-hydrogen) atoms. The summed E-state index contributed by atoms with van der Waals surface area (Å²) in [6.45, 7) is 4.13. The fourth-order valence-corrected chi connectivity index (χ4v) is 3.67. The lowest BCUT2D eigenvalue weighted by Gasteiger charge is -2.10. The number of thioether (sulfide) groups is 1. The number of nitrogens with one attached hydrogen (secondary N) is 1. The molecule has 0 spiro atoms. The number of carbonyl (C=O) groups is 1. The predicted octanol–water partition coefficient (Wildman–Crippen LogP) is 5.06. The zero-order valence-electron chi connectivity index (χ0n) is 17.2.